The van der Waals surface area contributed by atoms with Crippen molar-refractivity contribution in [3.05, 3.63) is 12.7 Å². The molecule has 1 unspecified atom stereocenters. The summed E-state index contributed by atoms with van der Waals surface area (Å²) >= 11 is 0. The lowest BCUT2D eigenvalue weighted by molar-refractivity contribution is 0.170. The third-order valence-electron chi connectivity index (χ3n) is 2.06. The minimum Gasteiger partial charge on any atom is -0.395 e. The van der Waals surface area contributed by atoms with E-state index in [-0.39, 0.29) is 6.61 Å². The van der Waals surface area contributed by atoms with E-state index >= 15 is 0 Å². The molecule has 0 aliphatic carbocycles. The summed E-state index contributed by atoms with van der Waals surface area (Å²) in [5, 5.41) is 12.1. The van der Waals surface area contributed by atoms with Crippen molar-refractivity contribution >= 4 is 0 Å². The number of nitrogens with zero attached hydrogens (tertiary/aromatic N) is 1. The Labute approximate surface area is 81.4 Å². The van der Waals surface area contributed by atoms with E-state index in [1.54, 1.807) is 0 Å². The molecule has 1 atom stereocenters. The SMILES string of the molecule is C=CCN(CCO)C(C)CNCC. The second-order valence-electron chi connectivity index (χ2n) is 3.16. The van der Waals surface area contributed by atoms with E-state index in [0.29, 0.717) is 6.04 Å². The quantitative estimate of drug-likeness (QED) is 0.541. The average molecular weight is 186 g/mol. The monoisotopic (exact) mass is 186 g/mol. The molecule has 3 heteroatoms. The zero-order valence-electron chi connectivity index (χ0n) is 8.79. The molecular weight excluding hydrogens is 164 g/mol. The smallest absolute Gasteiger partial charge is 0.0558 e. The van der Waals surface area contributed by atoms with E-state index in [4.69, 9.17) is 5.11 Å². The molecule has 13 heavy (non-hydrogen) atoms. The molecule has 0 heterocycles. The maximum atomic E-state index is 8.84. The molecule has 0 saturated carbocycles. The van der Waals surface area contributed by atoms with E-state index in [0.717, 1.165) is 26.2 Å². The molecule has 0 fully saturated rings. The number of aliphatic hydroxyl groups is 1. The van der Waals surface area contributed by atoms with Crippen LogP contribution in [-0.2, 0) is 0 Å². The van der Waals surface area contributed by atoms with Crippen molar-refractivity contribution in [1.29, 1.82) is 0 Å². The second kappa shape index (κ2) is 8.23. The van der Waals surface area contributed by atoms with Gasteiger partial charge in [-0.2, -0.15) is 0 Å². The van der Waals surface area contributed by atoms with Gasteiger partial charge in [0.25, 0.3) is 0 Å². The fourth-order valence-corrected chi connectivity index (χ4v) is 1.27. The van der Waals surface area contributed by atoms with Crippen LogP contribution >= 0.6 is 0 Å². The number of hydrogen-bond acceptors (Lipinski definition) is 3. The van der Waals surface area contributed by atoms with Crippen LogP contribution in [0.15, 0.2) is 12.7 Å². The van der Waals surface area contributed by atoms with Gasteiger partial charge in [0.1, 0.15) is 0 Å². The molecule has 2 N–H and O–H groups in total. The highest BCUT2D eigenvalue weighted by Crippen LogP contribution is 1.97. The Morgan fingerprint density at radius 3 is 2.77 bits per heavy atom. The van der Waals surface area contributed by atoms with Crippen LogP contribution in [0.25, 0.3) is 0 Å². The fraction of sp³-hybridized carbons (Fsp3) is 0.800. The van der Waals surface area contributed by atoms with Gasteiger partial charge in [0.2, 0.25) is 0 Å². The van der Waals surface area contributed by atoms with E-state index in [2.05, 4.69) is 30.6 Å². The first-order chi connectivity index (χ1) is 6.26. The van der Waals surface area contributed by atoms with Crippen LogP contribution in [0.2, 0.25) is 0 Å². The number of aliphatic hydroxyl groups excluding tert-OH is 1. The number of likely N-dealkylation sites (N-methyl/N-ethyl adjacent to an activating group) is 1. The second-order valence-corrected chi connectivity index (χ2v) is 3.16. The standard InChI is InChI=1S/C10H22N2O/c1-4-6-12(7-8-13)10(3)9-11-5-2/h4,10-11,13H,1,5-9H2,2-3H3. The molecule has 3 nitrogen and oxygen atoms in total. The minimum atomic E-state index is 0.213. The Morgan fingerprint density at radius 1 is 1.62 bits per heavy atom. The summed E-state index contributed by atoms with van der Waals surface area (Å²) in [6.45, 7) is 11.7. The Hall–Kier alpha value is -0.380. The Balaban J connectivity index is 3.79. The predicted octanol–water partition coefficient (Wildman–Crippen LogP) is 0.465. The largest absolute Gasteiger partial charge is 0.395 e. The van der Waals surface area contributed by atoms with Gasteiger partial charge in [-0.25, -0.2) is 0 Å². The molecule has 0 aliphatic heterocycles. The van der Waals surface area contributed by atoms with Crippen molar-refractivity contribution in [3.8, 4) is 0 Å². The van der Waals surface area contributed by atoms with Crippen LogP contribution < -0.4 is 5.32 Å². The number of rotatable bonds is 8. The van der Waals surface area contributed by atoms with Crippen LogP contribution in [0, 0.1) is 0 Å². The van der Waals surface area contributed by atoms with Gasteiger partial charge >= 0.3 is 0 Å². The molecule has 0 spiro atoms. The van der Waals surface area contributed by atoms with Gasteiger partial charge in [0.15, 0.2) is 0 Å². The third kappa shape index (κ3) is 5.80. The highest BCUT2D eigenvalue weighted by atomic mass is 16.3. The maximum absolute atomic E-state index is 8.84. The van der Waals surface area contributed by atoms with Crippen molar-refractivity contribution in [2.45, 2.75) is 19.9 Å². The maximum Gasteiger partial charge on any atom is 0.0558 e. The van der Waals surface area contributed by atoms with Crippen LogP contribution in [0.3, 0.4) is 0 Å². The molecule has 0 amide bonds. The molecule has 0 bridgehead atoms. The Kier molecular flexibility index (Phi) is 7.99. The molecule has 0 aromatic carbocycles. The topological polar surface area (TPSA) is 35.5 Å². The summed E-state index contributed by atoms with van der Waals surface area (Å²) < 4.78 is 0. The lowest BCUT2D eigenvalue weighted by atomic mass is 10.2. The molecule has 0 rings (SSSR count). The molecule has 0 aromatic heterocycles. The first kappa shape index (κ1) is 12.6. The van der Waals surface area contributed by atoms with Crippen molar-refractivity contribution in [2.75, 3.05) is 32.8 Å². The summed E-state index contributed by atoms with van der Waals surface area (Å²) in [6.07, 6.45) is 1.87. The summed E-state index contributed by atoms with van der Waals surface area (Å²) in [6, 6.07) is 0.449. The van der Waals surface area contributed by atoms with Gasteiger partial charge in [0, 0.05) is 25.7 Å². The van der Waals surface area contributed by atoms with Crippen LogP contribution in [0.4, 0.5) is 0 Å². The Bertz CT molecular complexity index is 128. The molecule has 78 valence electrons. The number of hydrogen-bond donors (Lipinski definition) is 2. The van der Waals surface area contributed by atoms with Gasteiger partial charge in [0.05, 0.1) is 6.61 Å². The molecular formula is C10H22N2O. The summed E-state index contributed by atoms with van der Waals surface area (Å²) in [5.74, 6) is 0. The van der Waals surface area contributed by atoms with Gasteiger partial charge < -0.3 is 10.4 Å². The molecule has 0 aliphatic rings. The predicted molar refractivity (Wildman–Crippen MR) is 56.9 cm³/mol. The number of nitrogens with one attached hydrogen (secondary N) is 1. The minimum absolute atomic E-state index is 0.213. The van der Waals surface area contributed by atoms with Gasteiger partial charge in [-0.3, -0.25) is 4.90 Å². The lowest BCUT2D eigenvalue weighted by Crippen LogP contribution is -2.41. The zero-order chi connectivity index (χ0) is 10.1. The molecule has 0 radical (unpaired) electrons. The van der Waals surface area contributed by atoms with Crippen molar-refractivity contribution in [2.24, 2.45) is 0 Å². The summed E-state index contributed by atoms with van der Waals surface area (Å²) in [5.41, 5.74) is 0. The van der Waals surface area contributed by atoms with Gasteiger partial charge in [-0.05, 0) is 13.5 Å². The van der Waals surface area contributed by atoms with Crippen LogP contribution in [-0.4, -0.2) is 48.8 Å². The van der Waals surface area contributed by atoms with E-state index in [1.807, 2.05) is 6.08 Å². The van der Waals surface area contributed by atoms with Crippen molar-refractivity contribution in [3.63, 3.8) is 0 Å². The highest BCUT2D eigenvalue weighted by Gasteiger charge is 2.10. The molecule has 0 saturated heterocycles. The van der Waals surface area contributed by atoms with Crippen molar-refractivity contribution in [1.82, 2.24) is 10.2 Å². The Morgan fingerprint density at radius 2 is 2.31 bits per heavy atom. The fourth-order valence-electron chi connectivity index (χ4n) is 1.27. The molecule has 0 aromatic rings. The summed E-state index contributed by atoms with van der Waals surface area (Å²) in [7, 11) is 0. The average Bonchev–Trinajstić information content (AvgIpc) is 2.14. The normalized spacial score (nSPS) is 13.2. The van der Waals surface area contributed by atoms with E-state index < -0.39 is 0 Å². The first-order valence-electron chi connectivity index (χ1n) is 4.92. The third-order valence-corrected chi connectivity index (χ3v) is 2.06. The van der Waals surface area contributed by atoms with Crippen LogP contribution in [0.1, 0.15) is 13.8 Å². The van der Waals surface area contributed by atoms with Gasteiger partial charge in [-0.15, -0.1) is 6.58 Å². The van der Waals surface area contributed by atoms with Crippen molar-refractivity contribution < 1.29 is 5.11 Å². The lowest BCUT2D eigenvalue weighted by Gasteiger charge is -2.27. The van der Waals surface area contributed by atoms with E-state index in [9.17, 15) is 0 Å². The summed E-state index contributed by atoms with van der Waals surface area (Å²) in [4.78, 5) is 2.20. The van der Waals surface area contributed by atoms with Gasteiger partial charge in [-0.1, -0.05) is 13.0 Å². The van der Waals surface area contributed by atoms with Crippen LogP contribution in [0.5, 0.6) is 0 Å². The zero-order valence-corrected chi connectivity index (χ0v) is 8.79. The first-order valence-corrected chi connectivity index (χ1v) is 4.92. The van der Waals surface area contributed by atoms with E-state index in [1.165, 1.54) is 0 Å². The highest BCUT2D eigenvalue weighted by molar-refractivity contribution is 4.78.